The van der Waals surface area contributed by atoms with Gasteiger partial charge in [0.1, 0.15) is 11.3 Å². The van der Waals surface area contributed by atoms with E-state index in [0.717, 1.165) is 56.9 Å². The molecule has 35 heavy (non-hydrogen) atoms. The molecule has 0 fully saturated rings. The van der Waals surface area contributed by atoms with Gasteiger partial charge in [-0.2, -0.15) is 5.21 Å². The first kappa shape index (κ1) is 22.8. The van der Waals surface area contributed by atoms with Gasteiger partial charge in [-0.25, -0.2) is 9.97 Å². The summed E-state index contributed by atoms with van der Waals surface area (Å²) in [6.45, 7) is 4.74. The Labute approximate surface area is 203 Å². The third kappa shape index (κ3) is 4.31. The highest BCUT2D eigenvalue weighted by atomic mass is 16.7. The van der Waals surface area contributed by atoms with Crippen molar-refractivity contribution < 1.29 is 9.47 Å². The van der Waals surface area contributed by atoms with Gasteiger partial charge in [0.2, 0.25) is 12.1 Å². The number of rotatable bonds is 8. The number of aromatic nitrogens is 7. The van der Waals surface area contributed by atoms with Gasteiger partial charge in [-0.1, -0.05) is 49.4 Å². The van der Waals surface area contributed by atoms with E-state index in [1.54, 1.807) is 14.2 Å². The zero-order valence-electron chi connectivity index (χ0n) is 20.2. The van der Waals surface area contributed by atoms with Crippen LogP contribution >= 0.6 is 0 Å². The summed E-state index contributed by atoms with van der Waals surface area (Å²) >= 11 is 0. The number of H-pyrrole nitrogens is 1. The molecule has 0 atom stereocenters. The molecule has 5 rings (SSSR count). The first-order chi connectivity index (χ1) is 17.1. The number of benzene rings is 2. The lowest BCUT2D eigenvalue weighted by molar-refractivity contribution is -0.108. The van der Waals surface area contributed by atoms with Gasteiger partial charge in [0, 0.05) is 26.2 Å². The Hall–Kier alpha value is -3.95. The molecular formula is C26H27N7O2. The molecule has 2 aromatic carbocycles. The van der Waals surface area contributed by atoms with Crippen molar-refractivity contribution in [3.8, 4) is 22.5 Å². The predicted octanol–water partition coefficient (Wildman–Crippen LogP) is 4.49. The van der Waals surface area contributed by atoms with E-state index >= 15 is 0 Å². The number of pyridine rings is 1. The molecule has 0 aliphatic heterocycles. The summed E-state index contributed by atoms with van der Waals surface area (Å²) in [5, 5.41) is 14.8. The number of fused-ring (bicyclic) bond motifs is 1. The number of hydrogen-bond acceptors (Lipinski definition) is 7. The molecule has 1 N–H and O–H groups in total. The molecule has 0 radical (unpaired) electrons. The van der Waals surface area contributed by atoms with Gasteiger partial charge >= 0.3 is 0 Å². The second kappa shape index (κ2) is 9.73. The monoisotopic (exact) mass is 469 g/mol. The van der Waals surface area contributed by atoms with Crippen molar-refractivity contribution >= 4 is 11.2 Å². The molecule has 0 aliphatic rings. The Bertz CT molecular complexity index is 1440. The number of hydrogen-bond donors (Lipinski definition) is 1. The maximum atomic E-state index is 5.46. The lowest BCUT2D eigenvalue weighted by Crippen LogP contribution is -2.09. The predicted molar refractivity (Wildman–Crippen MR) is 133 cm³/mol. The smallest absolute Gasteiger partial charge is 0.205 e. The van der Waals surface area contributed by atoms with Crippen molar-refractivity contribution in [2.24, 2.45) is 0 Å². The third-order valence-electron chi connectivity index (χ3n) is 6.07. The average molecular weight is 470 g/mol. The quantitative estimate of drug-likeness (QED) is 0.334. The maximum absolute atomic E-state index is 5.46. The van der Waals surface area contributed by atoms with Crippen LogP contribution in [0.5, 0.6) is 0 Å². The third-order valence-corrected chi connectivity index (χ3v) is 6.07. The van der Waals surface area contributed by atoms with E-state index in [0.29, 0.717) is 12.4 Å². The molecule has 0 amide bonds. The molecule has 0 unspecified atom stereocenters. The van der Waals surface area contributed by atoms with Crippen molar-refractivity contribution in [1.82, 2.24) is 35.2 Å². The highest BCUT2D eigenvalue weighted by Gasteiger charge is 2.19. The van der Waals surface area contributed by atoms with E-state index in [-0.39, 0.29) is 0 Å². The Balaban J connectivity index is 1.62. The Kier molecular flexibility index (Phi) is 6.35. The van der Waals surface area contributed by atoms with E-state index in [4.69, 9.17) is 19.4 Å². The van der Waals surface area contributed by atoms with Gasteiger partial charge < -0.3 is 14.0 Å². The zero-order valence-corrected chi connectivity index (χ0v) is 20.2. The molecule has 5 aromatic rings. The SMILES string of the molecule is CCc1nc2c(C)cc(C(OC)OC)nc2n1Cc1ccc(-c2ccccc2)c(-c2nn[nH]n2)c1. The number of nitrogens with one attached hydrogen (secondary N) is 1. The summed E-state index contributed by atoms with van der Waals surface area (Å²) in [4.78, 5) is 9.79. The molecule has 0 saturated heterocycles. The van der Waals surface area contributed by atoms with Gasteiger partial charge in [-0.3, -0.25) is 0 Å². The second-order valence-corrected chi connectivity index (χ2v) is 8.29. The van der Waals surface area contributed by atoms with E-state index in [2.05, 4.69) is 62.4 Å². The molecule has 3 heterocycles. The number of imidazole rings is 1. The fourth-order valence-electron chi connectivity index (χ4n) is 4.41. The average Bonchev–Trinajstić information content (AvgIpc) is 3.54. The summed E-state index contributed by atoms with van der Waals surface area (Å²) in [6.07, 6.45) is 0.240. The van der Waals surface area contributed by atoms with Crippen molar-refractivity contribution in [2.45, 2.75) is 33.1 Å². The number of aromatic amines is 1. The van der Waals surface area contributed by atoms with Crippen LogP contribution in [0.25, 0.3) is 33.7 Å². The molecular weight excluding hydrogens is 442 g/mol. The van der Waals surface area contributed by atoms with Crippen LogP contribution in [0, 0.1) is 6.92 Å². The van der Waals surface area contributed by atoms with E-state index in [1.165, 1.54) is 0 Å². The van der Waals surface area contributed by atoms with Crippen molar-refractivity contribution in [3.63, 3.8) is 0 Å². The standard InChI is InChI=1S/C26H27N7O2/c1-5-22-28-23-16(2)13-21(26(34-3)35-4)27-25(23)33(22)15-17-11-12-19(18-9-7-6-8-10-18)20(14-17)24-29-31-32-30-24/h6-14,26H,5,15H2,1-4H3,(H,29,30,31,32). The molecule has 0 aliphatic carbocycles. The van der Waals surface area contributed by atoms with Crippen LogP contribution in [-0.2, 0) is 22.4 Å². The van der Waals surface area contributed by atoms with Gasteiger partial charge in [-0.15, -0.1) is 10.2 Å². The summed E-state index contributed by atoms with van der Waals surface area (Å²) in [6, 6.07) is 18.5. The summed E-state index contributed by atoms with van der Waals surface area (Å²) < 4.78 is 13.1. The topological polar surface area (TPSA) is 104 Å². The van der Waals surface area contributed by atoms with Gasteiger partial charge in [-0.05, 0) is 46.5 Å². The lowest BCUT2D eigenvalue weighted by Gasteiger charge is -2.15. The second-order valence-electron chi connectivity index (χ2n) is 8.29. The minimum atomic E-state index is -0.540. The zero-order chi connectivity index (χ0) is 24.4. The minimum absolute atomic E-state index is 0.540. The normalized spacial score (nSPS) is 11.6. The van der Waals surface area contributed by atoms with Crippen LogP contribution in [0.15, 0.2) is 54.6 Å². The summed E-state index contributed by atoms with van der Waals surface area (Å²) in [7, 11) is 3.22. The van der Waals surface area contributed by atoms with Crippen LogP contribution < -0.4 is 0 Å². The van der Waals surface area contributed by atoms with Crippen LogP contribution in [0.3, 0.4) is 0 Å². The molecule has 3 aromatic heterocycles. The van der Waals surface area contributed by atoms with Crippen LogP contribution in [0.4, 0.5) is 0 Å². The summed E-state index contributed by atoms with van der Waals surface area (Å²) in [5.74, 6) is 1.52. The summed E-state index contributed by atoms with van der Waals surface area (Å²) in [5.41, 5.74) is 7.57. The molecule has 0 bridgehead atoms. The Morgan fingerprint density at radius 3 is 2.46 bits per heavy atom. The highest BCUT2D eigenvalue weighted by molar-refractivity contribution is 5.81. The van der Waals surface area contributed by atoms with E-state index in [9.17, 15) is 0 Å². The van der Waals surface area contributed by atoms with Gasteiger partial charge in [0.15, 0.2) is 5.65 Å². The molecule has 9 heteroatoms. The van der Waals surface area contributed by atoms with E-state index in [1.807, 2.05) is 31.2 Å². The van der Waals surface area contributed by atoms with Crippen LogP contribution in [-0.4, -0.2) is 49.4 Å². The fourth-order valence-corrected chi connectivity index (χ4v) is 4.41. The largest absolute Gasteiger partial charge is 0.350 e. The number of methoxy groups -OCH3 is 2. The lowest BCUT2D eigenvalue weighted by atomic mass is 9.97. The van der Waals surface area contributed by atoms with Gasteiger partial charge in [0.05, 0.1) is 12.2 Å². The van der Waals surface area contributed by atoms with Crippen LogP contribution in [0.1, 0.15) is 35.9 Å². The number of tetrazole rings is 1. The Morgan fingerprint density at radius 2 is 1.77 bits per heavy atom. The molecule has 0 saturated carbocycles. The van der Waals surface area contributed by atoms with Crippen molar-refractivity contribution in [3.05, 3.63) is 77.2 Å². The number of aryl methyl sites for hydroxylation is 2. The minimum Gasteiger partial charge on any atom is -0.350 e. The molecule has 178 valence electrons. The Morgan fingerprint density at radius 1 is 0.971 bits per heavy atom. The maximum Gasteiger partial charge on any atom is 0.205 e. The number of ether oxygens (including phenoxy) is 2. The molecule has 0 spiro atoms. The van der Waals surface area contributed by atoms with Crippen LogP contribution in [0.2, 0.25) is 0 Å². The van der Waals surface area contributed by atoms with Gasteiger partial charge in [0.25, 0.3) is 0 Å². The first-order valence-corrected chi connectivity index (χ1v) is 11.5. The van der Waals surface area contributed by atoms with Crippen molar-refractivity contribution in [1.29, 1.82) is 0 Å². The first-order valence-electron chi connectivity index (χ1n) is 11.5. The molecule has 9 nitrogen and oxygen atoms in total. The number of nitrogens with zero attached hydrogens (tertiary/aromatic N) is 6. The van der Waals surface area contributed by atoms with Crippen molar-refractivity contribution in [2.75, 3.05) is 14.2 Å². The van der Waals surface area contributed by atoms with E-state index < -0.39 is 6.29 Å². The fraction of sp³-hybridized carbons (Fsp3) is 0.269. The highest BCUT2D eigenvalue weighted by Crippen LogP contribution is 2.32.